The fourth-order valence-electron chi connectivity index (χ4n) is 8.61. The Balaban J connectivity index is 1.22. The lowest BCUT2D eigenvalue weighted by Gasteiger charge is -2.40. The molecule has 1 amide bonds. The van der Waals surface area contributed by atoms with E-state index >= 15 is 4.39 Å². The summed E-state index contributed by atoms with van der Waals surface area (Å²) in [6.45, 7) is 2.76. The van der Waals surface area contributed by atoms with Gasteiger partial charge in [-0.3, -0.25) is 4.90 Å². The van der Waals surface area contributed by atoms with E-state index in [1.807, 2.05) is 78.9 Å². The summed E-state index contributed by atoms with van der Waals surface area (Å²) in [5, 5.41) is 12.6. The van der Waals surface area contributed by atoms with Gasteiger partial charge < -0.3 is 33.9 Å². The Bertz CT molecular complexity index is 2440. The summed E-state index contributed by atoms with van der Waals surface area (Å²) in [7, 11) is 3.63. The molecule has 0 spiro atoms. The second-order valence-electron chi connectivity index (χ2n) is 15.1. The van der Waals surface area contributed by atoms with E-state index in [4.69, 9.17) is 28.9 Å². The average molecular weight is 770 g/mol. The van der Waals surface area contributed by atoms with E-state index in [0.29, 0.717) is 65.8 Å². The lowest BCUT2D eigenvalue weighted by molar-refractivity contribution is 0.114. The molecular formula is C45H44FN5O6. The lowest BCUT2D eigenvalue weighted by atomic mass is 9.95. The van der Waals surface area contributed by atoms with Crippen LogP contribution in [0, 0.1) is 5.82 Å². The van der Waals surface area contributed by atoms with E-state index < -0.39 is 11.9 Å². The van der Waals surface area contributed by atoms with E-state index in [-0.39, 0.29) is 29.9 Å². The molecule has 1 N–H and O–H groups in total. The van der Waals surface area contributed by atoms with E-state index in [0.717, 1.165) is 54.1 Å². The van der Waals surface area contributed by atoms with Crippen LogP contribution in [-0.4, -0.2) is 89.5 Å². The number of carbonyl (C=O) groups is 1. The van der Waals surface area contributed by atoms with Gasteiger partial charge in [0, 0.05) is 36.1 Å². The molecule has 3 saturated heterocycles. The van der Waals surface area contributed by atoms with E-state index in [1.54, 1.807) is 11.0 Å². The van der Waals surface area contributed by atoms with Crippen molar-refractivity contribution in [3.8, 4) is 40.1 Å². The maximum atomic E-state index is 15.6. The van der Waals surface area contributed by atoms with Crippen LogP contribution in [0.5, 0.6) is 29.0 Å². The number of nitrogens with zero attached hydrogens (tertiary/aromatic N) is 5. The standard InChI is InChI=1S/C45H44FN5O6/c1-49-18-8-12-32(49)27-56-44-47-40-22-37(36-20-34(19-29-11-6-7-13-35(29)36)55-26-28-9-4-3-5-10-28)41(57-42-21-33(54-2)16-17-39(42)46)23-38(40)43(48-44)50-24-30-14-15-31(25-50)51(30)45(52)53/h3-7,9-11,13,16-17,19-23,30-32H,8,12,14-15,18,24-27H2,1-2H3,(H,52,53)/t30-,31+,32?. The molecule has 57 heavy (non-hydrogen) atoms. The van der Waals surface area contributed by atoms with Crippen LogP contribution in [0.15, 0.2) is 97.1 Å². The topological polar surface area (TPSA) is 110 Å². The smallest absolute Gasteiger partial charge is 0.407 e. The van der Waals surface area contributed by atoms with Crippen LogP contribution < -0.4 is 23.8 Å². The summed E-state index contributed by atoms with van der Waals surface area (Å²) < 4.78 is 40.4. The molecule has 1 unspecified atom stereocenters. The first kappa shape index (κ1) is 36.5. The van der Waals surface area contributed by atoms with Gasteiger partial charge in [-0.15, -0.1) is 0 Å². The molecule has 2 bridgehead atoms. The lowest BCUT2D eigenvalue weighted by Crippen LogP contribution is -2.55. The highest BCUT2D eigenvalue weighted by Crippen LogP contribution is 2.45. The first-order valence-electron chi connectivity index (χ1n) is 19.5. The number of halogens is 1. The summed E-state index contributed by atoms with van der Waals surface area (Å²) in [4.78, 5) is 28.3. The molecule has 3 atom stereocenters. The van der Waals surface area contributed by atoms with Crippen molar-refractivity contribution in [3.63, 3.8) is 0 Å². The third-order valence-corrected chi connectivity index (χ3v) is 11.6. The number of fused-ring (bicyclic) bond motifs is 4. The van der Waals surface area contributed by atoms with Crippen molar-refractivity contribution in [2.24, 2.45) is 0 Å². The average Bonchev–Trinajstić information content (AvgIpc) is 3.77. The Hall–Kier alpha value is -6.14. The molecule has 12 heteroatoms. The highest BCUT2D eigenvalue weighted by Gasteiger charge is 2.43. The van der Waals surface area contributed by atoms with Gasteiger partial charge in [0.05, 0.1) is 24.7 Å². The number of likely N-dealkylation sites (N-methyl/N-ethyl adjacent to an activating group) is 1. The van der Waals surface area contributed by atoms with Crippen LogP contribution in [0.2, 0.25) is 0 Å². The summed E-state index contributed by atoms with van der Waals surface area (Å²) in [5.74, 6) is 1.53. The van der Waals surface area contributed by atoms with Gasteiger partial charge in [-0.1, -0.05) is 54.6 Å². The summed E-state index contributed by atoms with van der Waals surface area (Å²) in [6.07, 6.45) is 2.78. The van der Waals surface area contributed by atoms with Gasteiger partial charge in [0.1, 0.15) is 36.3 Å². The molecule has 9 rings (SSSR count). The molecule has 0 radical (unpaired) electrons. The number of aromatic nitrogens is 2. The van der Waals surface area contributed by atoms with Crippen molar-refractivity contribution in [2.45, 2.75) is 50.4 Å². The number of rotatable bonds is 11. The number of piperazine rings is 1. The Kier molecular flexibility index (Phi) is 9.87. The molecule has 292 valence electrons. The van der Waals surface area contributed by atoms with Crippen molar-refractivity contribution in [2.75, 3.05) is 45.3 Å². The highest BCUT2D eigenvalue weighted by atomic mass is 19.1. The van der Waals surface area contributed by atoms with Gasteiger partial charge in [0.15, 0.2) is 11.6 Å². The minimum absolute atomic E-state index is 0.00744. The van der Waals surface area contributed by atoms with Crippen LogP contribution >= 0.6 is 0 Å². The largest absolute Gasteiger partial charge is 0.497 e. The molecule has 3 aliphatic heterocycles. The molecule has 5 aromatic carbocycles. The number of anilines is 1. The molecule has 1 aromatic heterocycles. The number of amides is 1. The number of ether oxygens (including phenoxy) is 4. The van der Waals surface area contributed by atoms with Crippen molar-refractivity contribution in [1.82, 2.24) is 19.8 Å². The van der Waals surface area contributed by atoms with Gasteiger partial charge in [0.2, 0.25) is 0 Å². The SMILES string of the molecule is COc1ccc(F)c(Oc2cc3c(N4C[C@H]5CC[C@@H](C4)N5C(=O)O)nc(OCC4CCCN4C)nc3cc2-c2cc(OCc3ccccc3)cc3ccccc23)c1. The minimum atomic E-state index is -0.901. The second kappa shape index (κ2) is 15.4. The van der Waals surface area contributed by atoms with E-state index in [9.17, 15) is 9.90 Å². The summed E-state index contributed by atoms with van der Waals surface area (Å²) >= 11 is 0. The third kappa shape index (κ3) is 7.33. The normalized spacial score (nSPS) is 19.3. The zero-order chi connectivity index (χ0) is 39.0. The van der Waals surface area contributed by atoms with Gasteiger partial charge in [-0.2, -0.15) is 9.97 Å². The Morgan fingerprint density at radius 1 is 0.825 bits per heavy atom. The van der Waals surface area contributed by atoms with Crippen molar-refractivity contribution in [1.29, 1.82) is 0 Å². The molecule has 11 nitrogen and oxygen atoms in total. The summed E-state index contributed by atoms with van der Waals surface area (Å²) in [6, 6.07) is 30.4. The zero-order valence-corrected chi connectivity index (χ0v) is 31.9. The number of benzene rings is 5. The van der Waals surface area contributed by atoms with E-state index in [2.05, 4.69) is 16.8 Å². The summed E-state index contributed by atoms with van der Waals surface area (Å²) in [5.41, 5.74) is 3.11. The van der Waals surface area contributed by atoms with Gasteiger partial charge in [-0.25, -0.2) is 9.18 Å². The number of methoxy groups -OCH3 is 1. The molecule has 3 aliphatic rings. The Labute approximate surface area is 330 Å². The molecule has 0 saturated carbocycles. The van der Waals surface area contributed by atoms with Gasteiger partial charge in [0.25, 0.3) is 0 Å². The maximum absolute atomic E-state index is 15.6. The fourth-order valence-corrected chi connectivity index (χ4v) is 8.61. The highest BCUT2D eigenvalue weighted by molar-refractivity contribution is 6.03. The van der Waals surface area contributed by atoms with Crippen molar-refractivity contribution >= 4 is 33.6 Å². The molecule has 0 aliphatic carbocycles. The Morgan fingerprint density at radius 2 is 1.61 bits per heavy atom. The van der Waals surface area contributed by atoms with Crippen molar-refractivity contribution in [3.05, 3.63) is 108 Å². The number of hydrogen-bond donors (Lipinski definition) is 1. The zero-order valence-electron chi connectivity index (χ0n) is 31.9. The van der Waals surface area contributed by atoms with Crippen LogP contribution in [0.1, 0.15) is 31.2 Å². The number of hydrogen-bond acceptors (Lipinski definition) is 9. The number of likely N-dealkylation sites (tertiary alicyclic amines) is 1. The van der Waals surface area contributed by atoms with Crippen LogP contribution in [0.25, 0.3) is 32.8 Å². The number of carboxylic acid groups (broad SMARTS) is 1. The van der Waals surface area contributed by atoms with Gasteiger partial charge >= 0.3 is 12.1 Å². The second-order valence-corrected chi connectivity index (χ2v) is 15.1. The first-order chi connectivity index (χ1) is 27.8. The molecule has 4 heterocycles. The monoisotopic (exact) mass is 769 g/mol. The Morgan fingerprint density at radius 3 is 2.37 bits per heavy atom. The maximum Gasteiger partial charge on any atom is 0.407 e. The third-order valence-electron chi connectivity index (χ3n) is 11.6. The fraction of sp³-hybridized carbons (Fsp3) is 0.311. The van der Waals surface area contributed by atoms with Crippen LogP contribution in [0.3, 0.4) is 0 Å². The predicted octanol–water partition coefficient (Wildman–Crippen LogP) is 8.77. The first-order valence-corrected chi connectivity index (χ1v) is 19.5. The van der Waals surface area contributed by atoms with Crippen LogP contribution in [0.4, 0.5) is 15.0 Å². The molecule has 6 aromatic rings. The molecular weight excluding hydrogens is 726 g/mol. The van der Waals surface area contributed by atoms with Crippen molar-refractivity contribution < 1.29 is 33.2 Å². The molecule has 3 fully saturated rings. The van der Waals surface area contributed by atoms with Gasteiger partial charge in [-0.05, 0) is 97.6 Å². The predicted molar refractivity (Wildman–Crippen MR) is 216 cm³/mol. The quantitative estimate of drug-likeness (QED) is 0.137. The minimum Gasteiger partial charge on any atom is -0.497 e. The van der Waals surface area contributed by atoms with E-state index in [1.165, 1.54) is 19.2 Å². The van der Waals surface area contributed by atoms with Crippen LogP contribution in [-0.2, 0) is 6.61 Å².